The van der Waals surface area contributed by atoms with Crippen LogP contribution in [0, 0.1) is 17.8 Å². The van der Waals surface area contributed by atoms with E-state index in [9.17, 15) is 4.79 Å². The van der Waals surface area contributed by atoms with Gasteiger partial charge in [0.2, 0.25) is 0 Å². The van der Waals surface area contributed by atoms with Gasteiger partial charge in [-0.3, -0.25) is 4.79 Å². The Morgan fingerprint density at radius 2 is 1.75 bits per heavy atom. The topological polar surface area (TPSA) is 37.3 Å². The molecular formula is C10H20O2. The summed E-state index contributed by atoms with van der Waals surface area (Å²) >= 11 is 0. The highest BCUT2D eigenvalue weighted by atomic mass is 16.4. The SMILES string of the molecule is CCC(C)C(CC)C(C)C(=O)O. The Hall–Kier alpha value is -0.530. The maximum atomic E-state index is 10.7. The van der Waals surface area contributed by atoms with Gasteiger partial charge in [0.25, 0.3) is 0 Å². The first kappa shape index (κ1) is 11.5. The van der Waals surface area contributed by atoms with Crippen LogP contribution in [0.4, 0.5) is 0 Å². The third-order valence-corrected chi connectivity index (χ3v) is 2.88. The molecule has 0 fully saturated rings. The number of hydrogen-bond donors (Lipinski definition) is 1. The Morgan fingerprint density at radius 3 is 2.00 bits per heavy atom. The molecule has 0 heterocycles. The molecule has 0 aliphatic heterocycles. The summed E-state index contributed by atoms with van der Waals surface area (Å²) in [6.07, 6.45) is 2.03. The second kappa shape index (κ2) is 5.18. The predicted molar refractivity (Wildman–Crippen MR) is 50.0 cm³/mol. The summed E-state index contributed by atoms with van der Waals surface area (Å²) < 4.78 is 0. The minimum Gasteiger partial charge on any atom is -0.481 e. The van der Waals surface area contributed by atoms with E-state index in [2.05, 4.69) is 20.8 Å². The molecular weight excluding hydrogens is 152 g/mol. The second-order valence-electron chi connectivity index (χ2n) is 3.58. The van der Waals surface area contributed by atoms with Crippen LogP contribution in [0.1, 0.15) is 40.5 Å². The lowest BCUT2D eigenvalue weighted by molar-refractivity contribution is -0.143. The summed E-state index contributed by atoms with van der Waals surface area (Å²) in [5.41, 5.74) is 0. The van der Waals surface area contributed by atoms with Crippen LogP contribution in [0.5, 0.6) is 0 Å². The molecule has 3 atom stereocenters. The van der Waals surface area contributed by atoms with Gasteiger partial charge in [0.05, 0.1) is 5.92 Å². The molecule has 72 valence electrons. The van der Waals surface area contributed by atoms with Gasteiger partial charge in [-0.2, -0.15) is 0 Å². The molecule has 0 aromatic rings. The molecule has 0 amide bonds. The molecule has 0 radical (unpaired) electrons. The van der Waals surface area contributed by atoms with Crippen molar-refractivity contribution in [3.63, 3.8) is 0 Å². The fraction of sp³-hybridized carbons (Fsp3) is 0.900. The van der Waals surface area contributed by atoms with E-state index in [4.69, 9.17) is 5.11 Å². The molecule has 0 saturated heterocycles. The molecule has 3 unspecified atom stereocenters. The quantitative estimate of drug-likeness (QED) is 0.692. The fourth-order valence-electron chi connectivity index (χ4n) is 1.73. The molecule has 2 heteroatoms. The van der Waals surface area contributed by atoms with Crippen molar-refractivity contribution in [1.29, 1.82) is 0 Å². The van der Waals surface area contributed by atoms with Crippen molar-refractivity contribution >= 4 is 5.97 Å². The Kier molecular flexibility index (Phi) is 4.95. The molecule has 0 aliphatic carbocycles. The molecule has 0 aromatic carbocycles. The van der Waals surface area contributed by atoms with E-state index in [1.54, 1.807) is 0 Å². The van der Waals surface area contributed by atoms with Gasteiger partial charge < -0.3 is 5.11 Å². The lowest BCUT2D eigenvalue weighted by Gasteiger charge is -2.24. The minimum absolute atomic E-state index is 0.204. The van der Waals surface area contributed by atoms with Crippen molar-refractivity contribution in [1.82, 2.24) is 0 Å². The van der Waals surface area contributed by atoms with Gasteiger partial charge >= 0.3 is 5.97 Å². The third kappa shape index (κ3) is 2.84. The van der Waals surface area contributed by atoms with Gasteiger partial charge in [-0.1, -0.05) is 40.5 Å². The average Bonchev–Trinajstić information content (AvgIpc) is 2.05. The van der Waals surface area contributed by atoms with Gasteiger partial charge in [0.1, 0.15) is 0 Å². The van der Waals surface area contributed by atoms with Crippen LogP contribution in [-0.4, -0.2) is 11.1 Å². The van der Waals surface area contributed by atoms with Gasteiger partial charge in [0, 0.05) is 0 Å². The van der Waals surface area contributed by atoms with Crippen molar-refractivity contribution in [2.75, 3.05) is 0 Å². The Balaban J connectivity index is 4.23. The molecule has 1 N–H and O–H groups in total. The van der Waals surface area contributed by atoms with Gasteiger partial charge in [0.15, 0.2) is 0 Å². The maximum absolute atomic E-state index is 10.7. The molecule has 12 heavy (non-hydrogen) atoms. The summed E-state index contributed by atoms with van der Waals surface area (Å²) in [5, 5.41) is 8.83. The van der Waals surface area contributed by atoms with Crippen LogP contribution in [0.3, 0.4) is 0 Å². The van der Waals surface area contributed by atoms with Gasteiger partial charge in [-0.15, -0.1) is 0 Å². The number of hydrogen-bond acceptors (Lipinski definition) is 1. The lowest BCUT2D eigenvalue weighted by atomic mass is 9.80. The van der Waals surface area contributed by atoms with Crippen LogP contribution in [0.2, 0.25) is 0 Å². The second-order valence-corrected chi connectivity index (χ2v) is 3.58. The predicted octanol–water partition coefficient (Wildman–Crippen LogP) is 2.78. The van der Waals surface area contributed by atoms with E-state index in [0.717, 1.165) is 12.8 Å². The smallest absolute Gasteiger partial charge is 0.306 e. The highest BCUT2D eigenvalue weighted by molar-refractivity contribution is 5.69. The van der Waals surface area contributed by atoms with Crippen LogP contribution in [0.25, 0.3) is 0 Å². The maximum Gasteiger partial charge on any atom is 0.306 e. The number of carbonyl (C=O) groups is 1. The van der Waals surface area contributed by atoms with Crippen LogP contribution >= 0.6 is 0 Å². The summed E-state index contributed by atoms with van der Waals surface area (Å²) in [6, 6.07) is 0. The van der Waals surface area contributed by atoms with Crippen molar-refractivity contribution in [3.05, 3.63) is 0 Å². The van der Waals surface area contributed by atoms with E-state index in [1.165, 1.54) is 0 Å². The van der Waals surface area contributed by atoms with E-state index in [-0.39, 0.29) is 5.92 Å². The Bertz CT molecular complexity index is 143. The number of carboxylic acids is 1. The van der Waals surface area contributed by atoms with E-state index < -0.39 is 5.97 Å². The van der Waals surface area contributed by atoms with Crippen LogP contribution in [0.15, 0.2) is 0 Å². The summed E-state index contributed by atoms with van der Waals surface area (Å²) in [5.74, 6) is -0.0271. The first-order valence-corrected chi connectivity index (χ1v) is 4.77. The van der Waals surface area contributed by atoms with E-state index in [1.807, 2.05) is 6.92 Å². The zero-order valence-electron chi connectivity index (χ0n) is 8.50. The molecule has 0 rings (SSSR count). The first-order chi connectivity index (χ1) is 5.54. The summed E-state index contributed by atoms with van der Waals surface area (Å²) in [7, 11) is 0. The standard InChI is InChI=1S/C10H20O2/c1-5-7(3)9(6-2)8(4)10(11)12/h7-9H,5-6H2,1-4H3,(H,11,12). The normalized spacial score (nSPS) is 18.3. The fourth-order valence-corrected chi connectivity index (χ4v) is 1.73. The summed E-state index contributed by atoms with van der Waals surface area (Å²) in [6.45, 7) is 8.12. The van der Waals surface area contributed by atoms with Crippen molar-refractivity contribution < 1.29 is 9.90 Å². The molecule has 0 spiro atoms. The Morgan fingerprint density at radius 1 is 1.25 bits per heavy atom. The van der Waals surface area contributed by atoms with Crippen molar-refractivity contribution in [3.8, 4) is 0 Å². The van der Waals surface area contributed by atoms with Crippen molar-refractivity contribution in [2.24, 2.45) is 17.8 Å². The van der Waals surface area contributed by atoms with Gasteiger partial charge in [-0.05, 0) is 11.8 Å². The molecule has 2 nitrogen and oxygen atoms in total. The molecule has 0 saturated carbocycles. The molecule has 0 aromatic heterocycles. The molecule has 0 aliphatic rings. The van der Waals surface area contributed by atoms with Crippen molar-refractivity contribution in [2.45, 2.75) is 40.5 Å². The zero-order valence-corrected chi connectivity index (χ0v) is 8.50. The zero-order chi connectivity index (χ0) is 9.72. The largest absolute Gasteiger partial charge is 0.481 e. The van der Waals surface area contributed by atoms with E-state index in [0.29, 0.717) is 11.8 Å². The van der Waals surface area contributed by atoms with E-state index >= 15 is 0 Å². The average molecular weight is 172 g/mol. The number of aliphatic carboxylic acids is 1. The monoisotopic (exact) mass is 172 g/mol. The Labute approximate surface area is 75.0 Å². The first-order valence-electron chi connectivity index (χ1n) is 4.77. The van der Waals surface area contributed by atoms with Crippen LogP contribution < -0.4 is 0 Å². The number of carboxylic acid groups (broad SMARTS) is 1. The number of rotatable bonds is 5. The molecule has 0 bridgehead atoms. The van der Waals surface area contributed by atoms with Crippen LogP contribution in [-0.2, 0) is 4.79 Å². The third-order valence-electron chi connectivity index (χ3n) is 2.88. The van der Waals surface area contributed by atoms with Gasteiger partial charge in [-0.25, -0.2) is 0 Å². The summed E-state index contributed by atoms with van der Waals surface area (Å²) in [4.78, 5) is 10.7. The minimum atomic E-state index is -0.665. The lowest BCUT2D eigenvalue weighted by Crippen LogP contribution is -2.25. The highest BCUT2D eigenvalue weighted by Crippen LogP contribution is 2.26. The highest BCUT2D eigenvalue weighted by Gasteiger charge is 2.25.